The standard InChI is InChI=1S/C15H13N5O2S/c21-12(18-8-10-3-1-5-16-7-10)9-20-14(22)11-4-2-6-17-13(11)19-15(20)23/h1-7H,8-9H2,(H,18,21)(H,17,19,23). The molecule has 3 aromatic heterocycles. The van der Waals surface area contributed by atoms with Crippen molar-refractivity contribution in [2.24, 2.45) is 0 Å². The molecule has 0 unspecified atom stereocenters. The minimum atomic E-state index is -0.339. The maximum absolute atomic E-state index is 12.4. The van der Waals surface area contributed by atoms with Gasteiger partial charge in [0.2, 0.25) is 5.91 Å². The predicted molar refractivity (Wildman–Crippen MR) is 87.3 cm³/mol. The molecule has 116 valence electrons. The van der Waals surface area contributed by atoms with E-state index < -0.39 is 0 Å². The van der Waals surface area contributed by atoms with Gasteiger partial charge in [0.1, 0.15) is 12.2 Å². The molecule has 0 aliphatic carbocycles. The number of nitrogens with one attached hydrogen (secondary N) is 2. The molecule has 0 bridgehead atoms. The number of hydrogen-bond donors (Lipinski definition) is 2. The summed E-state index contributed by atoms with van der Waals surface area (Å²) in [4.78, 5) is 35.3. The Morgan fingerprint density at radius 1 is 1.30 bits per heavy atom. The number of hydrogen-bond acceptors (Lipinski definition) is 5. The highest BCUT2D eigenvalue weighted by atomic mass is 32.1. The molecule has 3 rings (SSSR count). The van der Waals surface area contributed by atoms with Crippen LogP contribution in [0.1, 0.15) is 5.56 Å². The summed E-state index contributed by atoms with van der Waals surface area (Å²) in [5, 5.41) is 3.13. The van der Waals surface area contributed by atoms with Gasteiger partial charge in [-0.25, -0.2) is 4.98 Å². The first-order valence-electron chi connectivity index (χ1n) is 6.88. The molecule has 0 atom stereocenters. The van der Waals surface area contributed by atoms with Crippen LogP contribution in [0, 0.1) is 4.77 Å². The molecule has 0 aliphatic heterocycles. The van der Waals surface area contributed by atoms with Gasteiger partial charge in [-0.2, -0.15) is 0 Å². The maximum atomic E-state index is 12.4. The molecule has 0 saturated carbocycles. The van der Waals surface area contributed by atoms with Crippen molar-refractivity contribution in [1.29, 1.82) is 0 Å². The molecular weight excluding hydrogens is 314 g/mol. The molecule has 0 spiro atoms. The van der Waals surface area contributed by atoms with Gasteiger partial charge in [0.05, 0.1) is 5.39 Å². The third kappa shape index (κ3) is 3.32. The molecule has 2 N–H and O–H groups in total. The first kappa shape index (κ1) is 15.0. The number of amides is 1. The number of H-pyrrole nitrogens is 1. The van der Waals surface area contributed by atoms with E-state index in [1.807, 2.05) is 6.07 Å². The number of fused-ring (bicyclic) bond motifs is 1. The number of pyridine rings is 2. The summed E-state index contributed by atoms with van der Waals surface area (Å²) in [5.74, 6) is -0.307. The van der Waals surface area contributed by atoms with E-state index in [2.05, 4.69) is 20.3 Å². The quantitative estimate of drug-likeness (QED) is 0.702. The molecular formula is C15H13N5O2S. The van der Waals surface area contributed by atoms with Gasteiger partial charge in [0.25, 0.3) is 5.56 Å². The Labute approximate surface area is 136 Å². The molecule has 0 radical (unpaired) electrons. The van der Waals surface area contributed by atoms with Crippen LogP contribution in [0.4, 0.5) is 0 Å². The molecule has 1 amide bonds. The van der Waals surface area contributed by atoms with E-state index in [1.54, 1.807) is 36.8 Å². The lowest BCUT2D eigenvalue weighted by Crippen LogP contribution is -2.33. The van der Waals surface area contributed by atoms with Gasteiger partial charge in [-0.1, -0.05) is 6.07 Å². The van der Waals surface area contributed by atoms with E-state index in [-0.39, 0.29) is 22.8 Å². The van der Waals surface area contributed by atoms with Crippen molar-refractivity contribution in [3.63, 3.8) is 0 Å². The molecule has 3 heterocycles. The highest BCUT2D eigenvalue weighted by Crippen LogP contribution is 2.02. The van der Waals surface area contributed by atoms with Gasteiger partial charge in [-0.05, 0) is 36.0 Å². The summed E-state index contributed by atoms with van der Waals surface area (Å²) < 4.78 is 1.38. The summed E-state index contributed by atoms with van der Waals surface area (Å²) in [5.41, 5.74) is 0.948. The average Bonchev–Trinajstić information content (AvgIpc) is 2.58. The fraction of sp³-hybridized carbons (Fsp3) is 0.133. The van der Waals surface area contributed by atoms with E-state index in [9.17, 15) is 9.59 Å². The lowest BCUT2D eigenvalue weighted by molar-refractivity contribution is -0.121. The van der Waals surface area contributed by atoms with Crippen molar-refractivity contribution in [2.75, 3.05) is 0 Å². The van der Waals surface area contributed by atoms with Crippen molar-refractivity contribution < 1.29 is 4.79 Å². The van der Waals surface area contributed by atoms with Crippen LogP contribution in [0.5, 0.6) is 0 Å². The minimum Gasteiger partial charge on any atom is -0.350 e. The number of rotatable bonds is 4. The number of carbonyl (C=O) groups excluding carboxylic acids is 1. The molecule has 7 nitrogen and oxygen atoms in total. The van der Waals surface area contributed by atoms with Crippen molar-refractivity contribution in [1.82, 2.24) is 24.8 Å². The maximum Gasteiger partial charge on any atom is 0.264 e. The first-order chi connectivity index (χ1) is 11.1. The number of aromatic amines is 1. The van der Waals surface area contributed by atoms with Gasteiger partial charge in [0.15, 0.2) is 4.77 Å². The average molecular weight is 327 g/mol. The van der Waals surface area contributed by atoms with Crippen LogP contribution in [0.2, 0.25) is 0 Å². The van der Waals surface area contributed by atoms with Crippen molar-refractivity contribution >= 4 is 29.2 Å². The Kier molecular flexibility index (Phi) is 4.24. The summed E-state index contributed by atoms with van der Waals surface area (Å²) >= 11 is 5.14. The van der Waals surface area contributed by atoms with Crippen LogP contribution < -0.4 is 10.9 Å². The second-order valence-electron chi connectivity index (χ2n) is 4.86. The molecule has 3 aromatic rings. The molecule has 0 aromatic carbocycles. The smallest absolute Gasteiger partial charge is 0.264 e. The van der Waals surface area contributed by atoms with E-state index in [0.717, 1.165) is 5.56 Å². The van der Waals surface area contributed by atoms with Gasteiger partial charge < -0.3 is 10.3 Å². The van der Waals surface area contributed by atoms with Crippen LogP contribution in [0.15, 0.2) is 47.7 Å². The molecule has 0 saturated heterocycles. The van der Waals surface area contributed by atoms with Gasteiger partial charge in [0, 0.05) is 25.1 Å². The van der Waals surface area contributed by atoms with Gasteiger partial charge in [-0.15, -0.1) is 0 Å². The zero-order chi connectivity index (χ0) is 16.2. The summed E-state index contributed by atoms with van der Waals surface area (Å²) in [6.45, 7) is 0.187. The van der Waals surface area contributed by atoms with Crippen molar-refractivity contribution in [3.05, 3.63) is 63.5 Å². The Morgan fingerprint density at radius 3 is 2.91 bits per heavy atom. The van der Waals surface area contributed by atoms with Crippen LogP contribution in [0.25, 0.3) is 11.0 Å². The normalized spacial score (nSPS) is 10.6. The fourth-order valence-electron chi connectivity index (χ4n) is 2.13. The highest BCUT2D eigenvalue weighted by Gasteiger charge is 2.09. The third-order valence-electron chi connectivity index (χ3n) is 3.27. The minimum absolute atomic E-state index is 0.154. The van der Waals surface area contributed by atoms with Crippen molar-refractivity contribution in [3.8, 4) is 0 Å². The largest absolute Gasteiger partial charge is 0.350 e. The van der Waals surface area contributed by atoms with E-state index >= 15 is 0 Å². The number of nitrogens with zero attached hydrogens (tertiary/aromatic N) is 3. The number of aromatic nitrogens is 4. The third-order valence-corrected chi connectivity index (χ3v) is 3.59. The molecule has 0 fully saturated rings. The first-order valence-corrected chi connectivity index (χ1v) is 7.29. The Hall–Kier alpha value is -2.87. The van der Waals surface area contributed by atoms with Crippen molar-refractivity contribution in [2.45, 2.75) is 13.1 Å². The van der Waals surface area contributed by atoms with Crippen LogP contribution in [0.3, 0.4) is 0 Å². The van der Waals surface area contributed by atoms with Crippen LogP contribution in [-0.4, -0.2) is 25.4 Å². The Morgan fingerprint density at radius 2 is 2.13 bits per heavy atom. The zero-order valence-corrected chi connectivity index (χ0v) is 12.8. The van der Waals surface area contributed by atoms with Gasteiger partial charge in [-0.3, -0.25) is 19.1 Å². The lowest BCUT2D eigenvalue weighted by Gasteiger charge is -2.08. The monoisotopic (exact) mass is 327 g/mol. The number of carbonyl (C=O) groups is 1. The van der Waals surface area contributed by atoms with E-state index in [4.69, 9.17) is 12.2 Å². The van der Waals surface area contributed by atoms with E-state index in [1.165, 1.54) is 4.57 Å². The predicted octanol–water partition coefficient (Wildman–Crippen LogP) is 1.17. The SMILES string of the molecule is O=C(Cn1c(=S)[nH]c2ncccc2c1=O)NCc1cccnc1. The zero-order valence-electron chi connectivity index (χ0n) is 12.0. The molecule has 23 heavy (non-hydrogen) atoms. The second kappa shape index (κ2) is 6.49. The second-order valence-corrected chi connectivity index (χ2v) is 5.25. The van der Waals surface area contributed by atoms with Crippen LogP contribution >= 0.6 is 12.2 Å². The Bertz CT molecular complexity index is 965. The topological polar surface area (TPSA) is 92.7 Å². The molecule has 8 heteroatoms. The van der Waals surface area contributed by atoms with E-state index in [0.29, 0.717) is 17.6 Å². The highest BCUT2D eigenvalue weighted by molar-refractivity contribution is 7.71. The Balaban J connectivity index is 1.80. The van der Waals surface area contributed by atoms with Crippen LogP contribution in [-0.2, 0) is 17.9 Å². The summed E-state index contributed by atoms with van der Waals surface area (Å²) in [6, 6.07) is 6.94. The summed E-state index contributed by atoms with van der Waals surface area (Å²) in [7, 11) is 0. The van der Waals surface area contributed by atoms with Gasteiger partial charge >= 0.3 is 0 Å². The summed E-state index contributed by atoms with van der Waals surface area (Å²) in [6.07, 6.45) is 4.89. The molecule has 0 aliphatic rings. The lowest BCUT2D eigenvalue weighted by atomic mass is 10.3. The fourth-order valence-corrected chi connectivity index (χ4v) is 2.37.